The molecule has 1 aromatic rings. The Kier molecular flexibility index (Phi) is 5.10. The fourth-order valence-corrected chi connectivity index (χ4v) is 1.79. The first kappa shape index (κ1) is 12.0. The van der Waals surface area contributed by atoms with Crippen LogP contribution in [-0.2, 0) is 6.54 Å². The van der Waals surface area contributed by atoms with E-state index in [0.29, 0.717) is 12.5 Å². The lowest BCUT2D eigenvalue weighted by Gasteiger charge is -2.02. The number of unbranched alkanes of at least 4 members (excludes halogenated alkanes) is 1. The summed E-state index contributed by atoms with van der Waals surface area (Å²) < 4.78 is 0. The average molecular weight is 226 g/mol. The summed E-state index contributed by atoms with van der Waals surface area (Å²) in [6.07, 6.45) is 4.13. The summed E-state index contributed by atoms with van der Waals surface area (Å²) in [5.41, 5.74) is 5.68. The van der Waals surface area contributed by atoms with Gasteiger partial charge in [0.15, 0.2) is 5.96 Å². The van der Waals surface area contributed by atoms with Crippen molar-refractivity contribution in [3.63, 3.8) is 0 Å². The summed E-state index contributed by atoms with van der Waals surface area (Å²) in [7, 11) is 0. The quantitative estimate of drug-likeness (QED) is 0.456. The van der Waals surface area contributed by atoms with Crippen LogP contribution in [-0.4, -0.2) is 17.5 Å². The van der Waals surface area contributed by atoms with Crippen LogP contribution in [0.3, 0.4) is 0 Å². The number of hydrogen-bond donors (Lipinski definition) is 2. The van der Waals surface area contributed by atoms with Crippen LogP contribution in [0.1, 0.15) is 29.7 Å². The van der Waals surface area contributed by atoms with Gasteiger partial charge in [-0.3, -0.25) is 0 Å². The van der Waals surface area contributed by atoms with Gasteiger partial charge in [-0.1, -0.05) is 13.3 Å². The van der Waals surface area contributed by atoms with Crippen LogP contribution in [0.5, 0.6) is 0 Å². The molecule has 0 bridgehead atoms. The van der Waals surface area contributed by atoms with Crippen molar-refractivity contribution >= 4 is 17.3 Å². The summed E-state index contributed by atoms with van der Waals surface area (Å²) in [5.74, 6) is 0.510. The molecule has 0 saturated carbocycles. The van der Waals surface area contributed by atoms with Crippen molar-refractivity contribution in [3.8, 4) is 0 Å². The number of rotatable bonds is 5. The lowest BCUT2D eigenvalue weighted by Crippen LogP contribution is -2.32. The first-order chi connectivity index (χ1) is 7.22. The van der Waals surface area contributed by atoms with Gasteiger partial charge in [0.1, 0.15) is 5.01 Å². The zero-order valence-electron chi connectivity index (χ0n) is 9.29. The Morgan fingerprint density at radius 3 is 3.07 bits per heavy atom. The summed E-state index contributed by atoms with van der Waals surface area (Å²) in [5, 5.41) is 4.07. The van der Waals surface area contributed by atoms with Crippen LogP contribution in [0.2, 0.25) is 0 Å². The monoisotopic (exact) mass is 226 g/mol. The molecule has 0 aliphatic heterocycles. The maximum absolute atomic E-state index is 5.68. The zero-order valence-corrected chi connectivity index (χ0v) is 10.1. The Morgan fingerprint density at radius 1 is 1.67 bits per heavy atom. The molecule has 0 saturated heterocycles. The third kappa shape index (κ3) is 4.78. The predicted octanol–water partition coefficient (Wildman–Crippen LogP) is 1.66. The van der Waals surface area contributed by atoms with Crippen LogP contribution in [0.4, 0.5) is 0 Å². The Morgan fingerprint density at radius 2 is 2.47 bits per heavy atom. The summed E-state index contributed by atoms with van der Waals surface area (Å²) in [4.78, 5) is 9.63. The molecule has 0 amide bonds. The number of aromatic nitrogens is 1. The second kappa shape index (κ2) is 6.40. The summed E-state index contributed by atoms with van der Waals surface area (Å²) >= 11 is 1.66. The number of thiazole rings is 1. The van der Waals surface area contributed by atoms with Gasteiger partial charge in [0.25, 0.3) is 0 Å². The van der Waals surface area contributed by atoms with Crippen molar-refractivity contribution in [2.45, 2.75) is 33.2 Å². The van der Waals surface area contributed by atoms with Crippen molar-refractivity contribution in [1.29, 1.82) is 0 Å². The molecule has 5 heteroatoms. The fourth-order valence-electron chi connectivity index (χ4n) is 1.08. The lowest BCUT2D eigenvalue weighted by molar-refractivity contribution is 0.748. The van der Waals surface area contributed by atoms with Crippen LogP contribution in [0, 0.1) is 6.92 Å². The van der Waals surface area contributed by atoms with E-state index in [1.54, 1.807) is 11.3 Å². The molecule has 0 fully saturated rings. The predicted molar refractivity (Wildman–Crippen MR) is 65.1 cm³/mol. The number of aryl methyl sites for hydroxylation is 1. The van der Waals surface area contributed by atoms with E-state index in [4.69, 9.17) is 5.73 Å². The minimum Gasteiger partial charge on any atom is -0.370 e. The standard InChI is InChI=1S/C10H18N4S/c1-3-4-5-12-10(11)14-7-9-13-6-8(2)15-9/h6H,3-5,7H2,1-2H3,(H3,11,12,14). The van der Waals surface area contributed by atoms with E-state index in [9.17, 15) is 0 Å². The van der Waals surface area contributed by atoms with E-state index in [-0.39, 0.29) is 0 Å². The smallest absolute Gasteiger partial charge is 0.189 e. The first-order valence-electron chi connectivity index (χ1n) is 5.17. The number of nitrogens with two attached hydrogens (primary N) is 1. The fraction of sp³-hybridized carbons (Fsp3) is 0.600. The van der Waals surface area contributed by atoms with Crippen molar-refractivity contribution in [1.82, 2.24) is 10.3 Å². The van der Waals surface area contributed by atoms with Crippen LogP contribution in [0.15, 0.2) is 11.2 Å². The number of nitrogens with one attached hydrogen (secondary N) is 1. The number of hydrogen-bond acceptors (Lipinski definition) is 3. The van der Waals surface area contributed by atoms with Gasteiger partial charge in [0.2, 0.25) is 0 Å². The van der Waals surface area contributed by atoms with E-state index in [0.717, 1.165) is 24.4 Å². The molecule has 1 aromatic heterocycles. The van der Waals surface area contributed by atoms with Gasteiger partial charge >= 0.3 is 0 Å². The van der Waals surface area contributed by atoms with Crippen molar-refractivity contribution < 1.29 is 0 Å². The van der Waals surface area contributed by atoms with Gasteiger partial charge in [-0.15, -0.1) is 11.3 Å². The van der Waals surface area contributed by atoms with Gasteiger partial charge < -0.3 is 11.1 Å². The molecule has 84 valence electrons. The highest BCUT2D eigenvalue weighted by Crippen LogP contribution is 2.11. The molecule has 1 rings (SSSR count). The highest BCUT2D eigenvalue weighted by Gasteiger charge is 1.97. The summed E-state index contributed by atoms with van der Waals surface area (Å²) in [6.45, 7) is 5.65. The molecular formula is C10H18N4S. The number of nitrogens with zero attached hydrogens (tertiary/aromatic N) is 2. The Bertz CT molecular complexity index is 319. The Balaban J connectivity index is 2.30. The highest BCUT2D eigenvalue weighted by molar-refractivity contribution is 7.11. The largest absolute Gasteiger partial charge is 0.370 e. The molecule has 1 heterocycles. The summed E-state index contributed by atoms with van der Waals surface area (Å²) in [6, 6.07) is 0. The van der Waals surface area contributed by atoms with Gasteiger partial charge in [-0.05, 0) is 13.3 Å². The molecule has 0 aliphatic rings. The second-order valence-corrected chi connectivity index (χ2v) is 4.67. The Labute approximate surface area is 94.6 Å². The van der Waals surface area contributed by atoms with E-state index in [1.165, 1.54) is 4.88 Å². The van der Waals surface area contributed by atoms with Gasteiger partial charge in [0, 0.05) is 17.6 Å². The molecule has 0 spiro atoms. The normalized spacial score (nSPS) is 11.7. The number of guanidine groups is 1. The molecule has 0 unspecified atom stereocenters. The zero-order chi connectivity index (χ0) is 11.1. The average Bonchev–Trinajstić information content (AvgIpc) is 2.62. The molecule has 0 aromatic carbocycles. The van der Waals surface area contributed by atoms with E-state index < -0.39 is 0 Å². The van der Waals surface area contributed by atoms with E-state index in [2.05, 4.69) is 22.2 Å². The van der Waals surface area contributed by atoms with Crippen LogP contribution < -0.4 is 11.1 Å². The Hall–Kier alpha value is -1.10. The molecule has 3 N–H and O–H groups in total. The maximum Gasteiger partial charge on any atom is 0.189 e. The molecule has 0 radical (unpaired) electrons. The molecule has 0 aliphatic carbocycles. The first-order valence-corrected chi connectivity index (χ1v) is 5.99. The minimum absolute atomic E-state index is 0.510. The van der Waals surface area contributed by atoms with Crippen LogP contribution >= 0.6 is 11.3 Å². The van der Waals surface area contributed by atoms with Crippen LogP contribution in [0.25, 0.3) is 0 Å². The maximum atomic E-state index is 5.68. The third-order valence-corrected chi connectivity index (χ3v) is 2.79. The minimum atomic E-state index is 0.510. The topological polar surface area (TPSA) is 63.3 Å². The number of aliphatic imine (C=N–C) groups is 1. The second-order valence-electron chi connectivity index (χ2n) is 3.35. The lowest BCUT2D eigenvalue weighted by atomic mass is 10.3. The molecule has 15 heavy (non-hydrogen) atoms. The van der Waals surface area contributed by atoms with Crippen molar-refractivity contribution in [3.05, 3.63) is 16.1 Å². The van der Waals surface area contributed by atoms with E-state index >= 15 is 0 Å². The highest BCUT2D eigenvalue weighted by atomic mass is 32.1. The molecule has 4 nitrogen and oxygen atoms in total. The van der Waals surface area contributed by atoms with E-state index in [1.807, 2.05) is 13.1 Å². The van der Waals surface area contributed by atoms with Gasteiger partial charge in [0.05, 0.1) is 6.54 Å². The van der Waals surface area contributed by atoms with Gasteiger partial charge in [-0.25, -0.2) is 9.98 Å². The van der Waals surface area contributed by atoms with Crippen molar-refractivity contribution in [2.75, 3.05) is 6.54 Å². The van der Waals surface area contributed by atoms with Crippen molar-refractivity contribution in [2.24, 2.45) is 10.7 Å². The van der Waals surface area contributed by atoms with Gasteiger partial charge in [-0.2, -0.15) is 0 Å². The SMILES string of the molecule is CCCCNC(N)=NCc1ncc(C)s1. The molecule has 0 atom stereocenters. The third-order valence-electron chi connectivity index (χ3n) is 1.89. The molecular weight excluding hydrogens is 208 g/mol.